The molecule has 0 aliphatic heterocycles. The number of nitrogens with zero attached hydrogens (tertiary/aromatic N) is 2. The summed E-state index contributed by atoms with van der Waals surface area (Å²) in [4.78, 5) is 14.3. The highest BCUT2D eigenvalue weighted by molar-refractivity contribution is 6.27. The highest BCUT2D eigenvalue weighted by atomic mass is 16.1. The molecule has 0 spiro atoms. The van der Waals surface area contributed by atoms with E-state index in [1.165, 1.54) is 0 Å². The van der Waals surface area contributed by atoms with Gasteiger partial charge < -0.3 is 5.53 Å². The molecule has 0 saturated carbocycles. The Morgan fingerprint density at radius 2 is 2.13 bits per heavy atom. The summed E-state index contributed by atoms with van der Waals surface area (Å²) in [6, 6.07) is 9.37. The number of hydrogen-bond acceptors (Lipinski definition) is 1. The molecule has 3 nitrogen and oxygen atoms in total. The largest absolute Gasteiger partial charge is 0.361 e. The van der Waals surface area contributed by atoms with Gasteiger partial charge in [0.25, 0.3) is 0 Å². The third-order valence-corrected chi connectivity index (χ3v) is 2.13. The minimum absolute atomic E-state index is 0.219. The highest BCUT2D eigenvalue weighted by Gasteiger charge is 2.19. The summed E-state index contributed by atoms with van der Waals surface area (Å²) < 4.78 is 0. The lowest BCUT2D eigenvalue weighted by molar-refractivity contribution is -0.117. The zero-order valence-corrected chi connectivity index (χ0v) is 8.34. The summed E-state index contributed by atoms with van der Waals surface area (Å²) >= 11 is 0. The second-order valence-corrected chi connectivity index (χ2v) is 3.13. The molecule has 0 radical (unpaired) electrons. The van der Waals surface area contributed by atoms with Crippen LogP contribution in [0.2, 0.25) is 0 Å². The van der Waals surface area contributed by atoms with E-state index in [4.69, 9.17) is 5.53 Å². The monoisotopic (exact) mass is 200 g/mol. The van der Waals surface area contributed by atoms with E-state index >= 15 is 0 Å². The van der Waals surface area contributed by atoms with E-state index in [9.17, 15) is 4.79 Å². The number of allylic oxidation sites excluding steroid dienone is 1. The summed E-state index contributed by atoms with van der Waals surface area (Å²) in [6.45, 7) is 3.61. The SMILES string of the molecule is C=CCC(C(=O)C=[N+]=[N-])c1ccccc1. The molecule has 1 aromatic carbocycles. The van der Waals surface area contributed by atoms with Crippen LogP contribution >= 0.6 is 0 Å². The van der Waals surface area contributed by atoms with Gasteiger partial charge in [-0.05, 0) is 12.0 Å². The topological polar surface area (TPSA) is 53.5 Å². The van der Waals surface area contributed by atoms with Gasteiger partial charge in [0.15, 0.2) is 0 Å². The van der Waals surface area contributed by atoms with Crippen LogP contribution < -0.4 is 0 Å². The summed E-state index contributed by atoms with van der Waals surface area (Å²) in [5.74, 6) is -0.525. The fourth-order valence-corrected chi connectivity index (χ4v) is 1.42. The Kier molecular flexibility index (Phi) is 4.20. The molecule has 0 heterocycles. The van der Waals surface area contributed by atoms with Crippen molar-refractivity contribution < 1.29 is 9.58 Å². The van der Waals surface area contributed by atoms with Gasteiger partial charge in [-0.3, -0.25) is 4.79 Å². The Hall–Kier alpha value is -1.99. The quantitative estimate of drug-likeness (QED) is 0.311. The molecular formula is C12H12N2O. The minimum atomic E-state index is -0.306. The number of hydrogen-bond donors (Lipinski definition) is 0. The Labute approximate surface area is 88.7 Å². The van der Waals surface area contributed by atoms with Crippen molar-refractivity contribution in [3.05, 3.63) is 54.1 Å². The summed E-state index contributed by atoms with van der Waals surface area (Å²) in [6.07, 6.45) is 3.15. The van der Waals surface area contributed by atoms with E-state index < -0.39 is 0 Å². The van der Waals surface area contributed by atoms with E-state index in [0.717, 1.165) is 11.8 Å². The van der Waals surface area contributed by atoms with Gasteiger partial charge in [0.2, 0.25) is 5.78 Å². The Morgan fingerprint density at radius 3 is 2.67 bits per heavy atom. The number of Topliss-reactive ketones (excluding diaryl/α,β-unsaturated/α-hetero) is 1. The smallest absolute Gasteiger partial charge is 0.323 e. The first kappa shape index (κ1) is 11.1. The lowest BCUT2D eigenvalue weighted by atomic mass is 9.92. The second kappa shape index (κ2) is 5.68. The molecule has 1 unspecified atom stereocenters. The van der Waals surface area contributed by atoms with Gasteiger partial charge in [-0.15, -0.1) is 6.58 Å². The summed E-state index contributed by atoms with van der Waals surface area (Å²) in [5, 5.41) is 0. The fourth-order valence-electron chi connectivity index (χ4n) is 1.42. The standard InChI is InChI=1S/C12H12N2O/c1-2-6-11(12(15)9-14-13)10-7-4-3-5-8-10/h2-5,7-9,11H,1,6H2. The molecule has 15 heavy (non-hydrogen) atoms. The maximum atomic E-state index is 11.6. The average Bonchev–Trinajstić information content (AvgIpc) is 2.27. The van der Waals surface area contributed by atoms with Crippen LogP contribution in [0.5, 0.6) is 0 Å². The van der Waals surface area contributed by atoms with Gasteiger partial charge in [-0.25, -0.2) is 0 Å². The van der Waals surface area contributed by atoms with Crippen LogP contribution in [0, 0.1) is 0 Å². The molecule has 0 fully saturated rings. The molecule has 0 amide bonds. The maximum absolute atomic E-state index is 11.6. The van der Waals surface area contributed by atoms with Gasteiger partial charge >= 0.3 is 6.21 Å². The first-order chi connectivity index (χ1) is 7.29. The van der Waals surface area contributed by atoms with Crippen LogP contribution in [-0.4, -0.2) is 16.8 Å². The first-order valence-corrected chi connectivity index (χ1v) is 4.66. The Morgan fingerprint density at radius 1 is 1.47 bits per heavy atom. The third kappa shape index (κ3) is 3.01. The molecule has 1 rings (SSSR count). The predicted octanol–water partition coefficient (Wildman–Crippen LogP) is 2.22. The van der Waals surface area contributed by atoms with Crippen LogP contribution in [0.3, 0.4) is 0 Å². The van der Waals surface area contributed by atoms with E-state index in [1.54, 1.807) is 6.08 Å². The van der Waals surface area contributed by atoms with Crippen molar-refractivity contribution in [1.29, 1.82) is 0 Å². The van der Waals surface area contributed by atoms with Crippen molar-refractivity contribution in [2.45, 2.75) is 12.3 Å². The van der Waals surface area contributed by atoms with Gasteiger partial charge in [-0.2, -0.15) is 4.79 Å². The lowest BCUT2D eigenvalue weighted by Crippen LogP contribution is -2.13. The number of ketones is 1. The Bertz CT molecular complexity index is 391. The molecular weight excluding hydrogens is 188 g/mol. The normalized spacial score (nSPS) is 11.2. The zero-order valence-electron chi connectivity index (χ0n) is 8.34. The van der Waals surface area contributed by atoms with E-state index in [-0.39, 0.29) is 11.7 Å². The number of benzene rings is 1. The van der Waals surface area contributed by atoms with Crippen LogP contribution in [-0.2, 0) is 4.79 Å². The van der Waals surface area contributed by atoms with Crippen molar-refractivity contribution in [2.75, 3.05) is 0 Å². The maximum Gasteiger partial charge on any atom is 0.323 e. The average molecular weight is 200 g/mol. The van der Waals surface area contributed by atoms with Gasteiger partial charge in [0.1, 0.15) is 0 Å². The number of carbonyl (C=O) groups is 1. The highest BCUT2D eigenvalue weighted by Crippen LogP contribution is 2.19. The summed E-state index contributed by atoms with van der Waals surface area (Å²) in [5.41, 5.74) is 9.23. The molecule has 0 saturated heterocycles. The number of carbonyl (C=O) groups excluding carboxylic acids is 1. The van der Waals surface area contributed by atoms with E-state index in [0.29, 0.717) is 6.42 Å². The third-order valence-electron chi connectivity index (χ3n) is 2.13. The molecule has 0 aliphatic carbocycles. The molecule has 0 aromatic heterocycles. The van der Waals surface area contributed by atoms with Gasteiger partial charge in [-0.1, -0.05) is 36.4 Å². The summed E-state index contributed by atoms with van der Waals surface area (Å²) in [7, 11) is 0. The van der Waals surface area contributed by atoms with E-state index in [2.05, 4.69) is 11.4 Å². The minimum Gasteiger partial charge on any atom is -0.361 e. The zero-order chi connectivity index (χ0) is 11.1. The van der Waals surface area contributed by atoms with Crippen LogP contribution in [0.15, 0.2) is 43.0 Å². The van der Waals surface area contributed by atoms with Crippen LogP contribution in [0.1, 0.15) is 17.9 Å². The number of rotatable bonds is 5. The van der Waals surface area contributed by atoms with Crippen molar-refractivity contribution in [1.82, 2.24) is 0 Å². The lowest BCUT2D eigenvalue weighted by Gasteiger charge is -2.09. The molecule has 0 N–H and O–H groups in total. The molecule has 1 atom stereocenters. The van der Waals surface area contributed by atoms with Crippen molar-refractivity contribution in [3.8, 4) is 0 Å². The predicted molar refractivity (Wildman–Crippen MR) is 58.7 cm³/mol. The molecule has 0 aliphatic rings. The van der Waals surface area contributed by atoms with Crippen molar-refractivity contribution in [3.63, 3.8) is 0 Å². The second-order valence-electron chi connectivity index (χ2n) is 3.13. The van der Waals surface area contributed by atoms with E-state index in [1.807, 2.05) is 30.3 Å². The molecule has 76 valence electrons. The molecule has 1 aromatic rings. The van der Waals surface area contributed by atoms with Crippen LogP contribution in [0.25, 0.3) is 5.53 Å². The fraction of sp³-hybridized carbons (Fsp3) is 0.167. The van der Waals surface area contributed by atoms with Gasteiger partial charge in [0, 0.05) is 0 Å². The molecule has 3 heteroatoms. The van der Waals surface area contributed by atoms with Gasteiger partial charge in [0.05, 0.1) is 5.92 Å². The van der Waals surface area contributed by atoms with Crippen molar-refractivity contribution >= 4 is 12.0 Å². The first-order valence-electron chi connectivity index (χ1n) is 4.66. The molecule has 0 bridgehead atoms. The van der Waals surface area contributed by atoms with Crippen LogP contribution in [0.4, 0.5) is 0 Å². The van der Waals surface area contributed by atoms with Crippen molar-refractivity contribution in [2.24, 2.45) is 0 Å². The Balaban J connectivity index is 2.97.